The fraction of sp³-hybridized carbons (Fsp3) is 0.222. The molecule has 0 unspecified atom stereocenters. The van der Waals surface area contributed by atoms with Crippen molar-refractivity contribution >= 4 is 31.8 Å². The second-order valence-corrected chi connectivity index (χ2v) is 6.38. The van der Waals surface area contributed by atoms with Crippen LogP contribution in [0, 0.1) is 0 Å². The number of rotatable bonds is 9. The molecule has 0 aromatic heterocycles. The van der Waals surface area contributed by atoms with Crippen molar-refractivity contribution in [1.82, 2.24) is 5.23 Å². The Morgan fingerprint density at radius 2 is 1.37 bits per heavy atom. The molecule has 0 radical (unpaired) electrons. The lowest BCUT2D eigenvalue weighted by Gasteiger charge is -2.13. The van der Waals surface area contributed by atoms with Crippen molar-refractivity contribution in [2.24, 2.45) is 5.73 Å². The molecule has 0 aliphatic rings. The van der Waals surface area contributed by atoms with Gasteiger partial charge in [0, 0.05) is 0 Å². The molecule has 0 bridgehead atoms. The maximum atomic E-state index is 10.8. The van der Waals surface area contributed by atoms with E-state index in [1.807, 2.05) is 6.07 Å². The molecule has 2 atom stereocenters. The van der Waals surface area contributed by atoms with Gasteiger partial charge in [-0.15, -0.1) is 0 Å². The van der Waals surface area contributed by atoms with Gasteiger partial charge < -0.3 is 36.0 Å². The van der Waals surface area contributed by atoms with Crippen LogP contribution in [-0.4, -0.2) is 68.7 Å². The zero-order chi connectivity index (χ0) is 22.7. The summed E-state index contributed by atoms with van der Waals surface area (Å²) in [4.78, 5) is 21.2. The number of nitrogens with two attached hydrogens (primary N) is 1. The van der Waals surface area contributed by atoms with Crippen LogP contribution >= 0.6 is 0 Å². The molecule has 0 aliphatic heterocycles. The van der Waals surface area contributed by atoms with Crippen LogP contribution < -0.4 is 16.4 Å². The highest BCUT2D eigenvalue weighted by Gasteiger charge is 2.22. The minimum Gasteiger partial charge on any atom is -0.480 e. The highest BCUT2D eigenvalue weighted by Crippen LogP contribution is 2.03. The molecule has 0 saturated carbocycles. The number of carboxylic acid groups (broad SMARTS) is 2. The van der Waals surface area contributed by atoms with Gasteiger partial charge in [-0.1, -0.05) is 54.6 Å². The van der Waals surface area contributed by atoms with Crippen molar-refractivity contribution in [3.8, 4) is 0 Å². The van der Waals surface area contributed by atoms with Gasteiger partial charge in [0.1, 0.15) is 12.1 Å². The second kappa shape index (κ2) is 12.8. The molecule has 160 valence electrons. The summed E-state index contributed by atoms with van der Waals surface area (Å²) in [7, 11) is -3.33. The predicted molar refractivity (Wildman–Crippen MR) is 110 cm³/mol. The van der Waals surface area contributed by atoms with E-state index in [9.17, 15) is 9.59 Å². The minimum absolute atomic E-state index is 0.202. The number of hydrogen-bond acceptors (Lipinski definition) is 8. The first-order chi connectivity index (χ1) is 14.1. The molecule has 2 rings (SSSR count). The number of hydrogen-bond donors (Lipinski definition) is 8. The third kappa shape index (κ3) is 9.65. The summed E-state index contributed by atoms with van der Waals surface area (Å²) >= 11 is 0. The van der Waals surface area contributed by atoms with Gasteiger partial charge in [-0.3, -0.25) is 14.8 Å². The van der Waals surface area contributed by atoms with Gasteiger partial charge in [0.05, 0.1) is 0 Å². The summed E-state index contributed by atoms with van der Waals surface area (Å²) in [6.07, 6.45) is 0.422. The first-order valence-electron chi connectivity index (χ1n) is 8.92. The van der Waals surface area contributed by atoms with Gasteiger partial charge in [0.25, 0.3) is 0 Å². The summed E-state index contributed by atoms with van der Waals surface area (Å²) in [5.74, 6) is -2.17. The molecule has 0 saturated heterocycles. The first kappa shape index (κ1) is 25.3. The van der Waals surface area contributed by atoms with Gasteiger partial charge >= 0.3 is 26.3 Å². The molecule has 0 amide bonds. The molecule has 2 aromatic rings. The molecule has 0 aliphatic carbocycles. The fourth-order valence-corrected chi connectivity index (χ4v) is 2.41. The van der Waals surface area contributed by atoms with E-state index in [0.29, 0.717) is 5.46 Å². The summed E-state index contributed by atoms with van der Waals surface area (Å²) < 4.78 is 0. The van der Waals surface area contributed by atoms with E-state index in [1.54, 1.807) is 36.4 Å². The van der Waals surface area contributed by atoms with Crippen LogP contribution in [0.15, 0.2) is 54.6 Å². The number of carbonyl (C=O) groups is 2. The number of aliphatic carboxylic acids is 2. The smallest absolute Gasteiger partial charge is 0.480 e. The molecule has 2 aromatic carbocycles. The molecule has 0 fully saturated rings. The average molecular weight is 418 g/mol. The van der Waals surface area contributed by atoms with Gasteiger partial charge in [-0.25, -0.2) is 0 Å². The molecule has 30 heavy (non-hydrogen) atoms. The van der Waals surface area contributed by atoms with E-state index in [0.717, 1.165) is 11.1 Å². The topological polar surface area (TPSA) is 194 Å². The summed E-state index contributed by atoms with van der Waals surface area (Å²) in [5.41, 5.74) is 7.27. The van der Waals surface area contributed by atoms with Crippen molar-refractivity contribution < 1.29 is 39.9 Å². The Balaban J connectivity index is 0.000000300. The highest BCUT2D eigenvalue weighted by atomic mass is 16.4. The molecule has 0 spiro atoms. The lowest BCUT2D eigenvalue weighted by molar-refractivity contribution is -0.139. The van der Waals surface area contributed by atoms with Crippen LogP contribution in [0.25, 0.3) is 0 Å². The van der Waals surface area contributed by atoms with Gasteiger partial charge in [-0.2, -0.15) is 0 Å². The summed E-state index contributed by atoms with van der Waals surface area (Å²) in [5, 5.41) is 54.4. The molecular formula is C18H24B2N2O8. The van der Waals surface area contributed by atoms with Crippen molar-refractivity contribution in [3.05, 3.63) is 65.7 Å². The fourth-order valence-electron chi connectivity index (χ4n) is 2.41. The van der Waals surface area contributed by atoms with E-state index in [2.05, 4.69) is 5.23 Å². The van der Waals surface area contributed by atoms with Crippen LogP contribution in [0.4, 0.5) is 0 Å². The zero-order valence-corrected chi connectivity index (χ0v) is 16.0. The third-order valence-corrected chi connectivity index (χ3v) is 3.98. The SMILES string of the molecule is N[C@@H](Cc1ccc(B(O)O)cc1)C(=O)O.O=C(O)[C@H](Cc1ccccc1)NB(O)O. The molecule has 9 N–H and O–H groups in total. The lowest BCUT2D eigenvalue weighted by atomic mass is 9.80. The Kier molecular flexibility index (Phi) is 10.8. The van der Waals surface area contributed by atoms with Crippen molar-refractivity contribution in [3.63, 3.8) is 0 Å². The van der Waals surface area contributed by atoms with Crippen molar-refractivity contribution in [2.45, 2.75) is 24.9 Å². The maximum Gasteiger partial charge on any atom is 0.549 e. The average Bonchev–Trinajstić information content (AvgIpc) is 2.68. The molecule has 12 heteroatoms. The van der Waals surface area contributed by atoms with Crippen LogP contribution in [0.5, 0.6) is 0 Å². The number of benzene rings is 2. The third-order valence-electron chi connectivity index (χ3n) is 3.98. The van der Waals surface area contributed by atoms with Crippen molar-refractivity contribution in [2.75, 3.05) is 0 Å². The Bertz CT molecular complexity index is 791. The van der Waals surface area contributed by atoms with Crippen LogP contribution in [0.3, 0.4) is 0 Å². The highest BCUT2D eigenvalue weighted by molar-refractivity contribution is 6.58. The Labute approximate surface area is 173 Å². The van der Waals surface area contributed by atoms with Crippen LogP contribution in [0.2, 0.25) is 0 Å². The van der Waals surface area contributed by atoms with Gasteiger partial charge in [-0.05, 0) is 29.4 Å². The largest absolute Gasteiger partial charge is 0.549 e. The summed E-state index contributed by atoms with van der Waals surface area (Å²) in [6, 6.07) is 13.3. The Hall–Kier alpha value is -2.73. The minimum atomic E-state index is -1.82. The zero-order valence-electron chi connectivity index (χ0n) is 16.0. The van der Waals surface area contributed by atoms with E-state index in [1.165, 1.54) is 12.1 Å². The van der Waals surface area contributed by atoms with Crippen molar-refractivity contribution in [1.29, 1.82) is 0 Å². The van der Waals surface area contributed by atoms with Crippen LogP contribution in [-0.2, 0) is 22.4 Å². The lowest BCUT2D eigenvalue weighted by Crippen LogP contribution is -2.47. The number of carboxylic acids is 2. The van der Waals surface area contributed by atoms with E-state index < -0.39 is 38.4 Å². The summed E-state index contributed by atoms with van der Waals surface area (Å²) in [6.45, 7) is 0. The second-order valence-electron chi connectivity index (χ2n) is 6.38. The number of nitrogens with one attached hydrogen (secondary N) is 1. The predicted octanol–water partition coefficient (Wildman–Crippen LogP) is -2.44. The van der Waals surface area contributed by atoms with E-state index >= 15 is 0 Å². The normalized spacial score (nSPS) is 12.2. The van der Waals surface area contributed by atoms with Gasteiger partial charge in [0.15, 0.2) is 0 Å². The Morgan fingerprint density at radius 3 is 1.80 bits per heavy atom. The standard InChI is InChI=1S/2C9H12BNO4/c11-8(9(12)13)5-6-1-3-7(4-2-6)10(14)15;12-9(13)8(11-10(14)15)6-7-4-2-1-3-5-7/h1-4,8,14-15H,5,11H2,(H,12,13);1-5,8,11,14-15H,6H2,(H,12,13)/t2*8-/m00/s1. The first-order valence-corrected chi connectivity index (χ1v) is 8.92. The van der Waals surface area contributed by atoms with Crippen LogP contribution in [0.1, 0.15) is 11.1 Å². The van der Waals surface area contributed by atoms with E-state index in [-0.39, 0.29) is 12.8 Å². The van der Waals surface area contributed by atoms with Gasteiger partial charge in [0.2, 0.25) is 0 Å². The maximum absolute atomic E-state index is 10.8. The van der Waals surface area contributed by atoms with E-state index in [4.69, 9.17) is 36.0 Å². The quantitative estimate of drug-likeness (QED) is 0.203. The molecule has 0 heterocycles. The monoisotopic (exact) mass is 418 g/mol. The Morgan fingerprint density at radius 1 is 0.833 bits per heavy atom. The molecule has 10 nitrogen and oxygen atoms in total. The molecular weight excluding hydrogens is 394 g/mol.